The minimum Gasteiger partial charge on any atom is -0.342 e. The third kappa shape index (κ3) is 4.04. The van der Waals surface area contributed by atoms with Gasteiger partial charge in [0.2, 0.25) is 5.91 Å². The van der Waals surface area contributed by atoms with Crippen molar-refractivity contribution in [3.8, 4) is 0 Å². The topological polar surface area (TPSA) is 46.9 Å². The van der Waals surface area contributed by atoms with Gasteiger partial charge in [0.25, 0.3) is 0 Å². The van der Waals surface area contributed by atoms with Crippen molar-refractivity contribution in [2.75, 3.05) is 5.88 Å². The van der Waals surface area contributed by atoms with E-state index in [1.54, 1.807) is 24.5 Å². The zero-order valence-corrected chi connectivity index (χ0v) is 12.5. The molecule has 112 valence electrons. The first-order chi connectivity index (χ1) is 10.1. The number of hydrogen-bond acceptors (Lipinski definition) is 2. The minimum atomic E-state index is -0.409. The summed E-state index contributed by atoms with van der Waals surface area (Å²) in [5.74, 6) is 0.719. The number of aromatic nitrogens is 2. The molecule has 0 radical (unpaired) electrons. The fourth-order valence-electron chi connectivity index (χ4n) is 2.07. The second-order valence-electron chi connectivity index (χ2n) is 4.74. The highest BCUT2D eigenvalue weighted by Crippen LogP contribution is 2.21. The van der Waals surface area contributed by atoms with Gasteiger partial charge in [-0.2, -0.15) is 0 Å². The van der Waals surface area contributed by atoms with Gasteiger partial charge in [-0.15, -0.1) is 11.6 Å². The molecule has 1 aromatic heterocycles. The zero-order valence-electron chi connectivity index (χ0n) is 11.7. The second-order valence-corrected chi connectivity index (χ2v) is 5.12. The fourth-order valence-corrected chi connectivity index (χ4v) is 2.20. The lowest BCUT2D eigenvalue weighted by atomic mass is 10.1. The Kier molecular flexibility index (Phi) is 5.33. The molecule has 1 aromatic carbocycles. The number of carbonyl (C=O) groups excluding carboxylic acids is 1. The molecule has 0 saturated carbocycles. The molecule has 1 unspecified atom stereocenters. The summed E-state index contributed by atoms with van der Waals surface area (Å²) < 4.78 is 14.9. The van der Waals surface area contributed by atoms with Crippen LogP contribution in [0, 0.1) is 5.82 Å². The number of rotatable bonds is 6. The molecule has 0 aliphatic rings. The fraction of sp³-hybridized carbons (Fsp3) is 0.333. The zero-order chi connectivity index (χ0) is 15.2. The van der Waals surface area contributed by atoms with E-state index in [-0.39, 0.29) is 11.7 Å². The molecule has 1 amide bonds. The Morgan fingerprint density at radius 2 is 2.14 bits per heavy atom. The summed E-state index contributed by atoms with van der Waals surface area (Å²) in [4.78, 5) is 16.3. The number of aryl methyl sites for hydroxylation is 1. The first kappa shape index (κ1) is 15.5. The normalized spacial score (nSPS) is 12.1. The van der Waals surface area contributed by atoms with Gasteiger partial charge in [-0.25, -0.2) is 9.37 Å². The molecule has 2 aromatic rings. The van der Waals surface area contributed by atoms with Crippen LogP contribution in [0.15, 0.2) is 36.7 Å². The van der Waals surface area contributed by atoms with Crippen LogP contribution in [0.25, 0.3) is 0 Å². The van der Waals surface area contributed by atoms with E-state index in [2.05, 4.69) is 10.3 Å². The van der Waals surface area contributed by atoms with Crippen LogP contribution in [0.3, 0.4) is 0 Å². The lowest BCUT2D eigenvalue weighted by Gasteiger charge is -2.19. The largest absolute Gasteiger partial charge is 0.342 e. The summed E-state index contributed by atoms with van der Waals surface area (Å²) in [5, 5.41) is 2.93. The van der Waals surface area contributed by atoms with Crippen molar-refractivity contribution in [1.82, 2.24) is 14.9 Å². The Balaban J connectivity index is 2.25. The average Bonchev–Trinajstić information content (AvgIpc) is 2.89. The predicted molar refractivity (Wildman–Crippen MR) is 79.5 cm³/mol. The maximum Gasteiger partial charge on any atom is 0.220 e. The Morgan fingerprint density at radius 1 is 1.43 bits per heavy atom. The highest BCUT2D eigenvalue weighted by molar-refractivity contribution is 6.17. The van der Waals surface area contributed by atoms with Gasteiger partial charge < -0.3 is 9.88 Å². The number of amides is 1. The molecule has 0 fully saturated rings. The van der Waals surface area contributed by atoms with E-state index in [1.165, 1.54) is 12.1 Å². The van der Waals surface area contributed by atoms with Gasteiger partial charge in [-0.05, 0) is 24.1 Å². The lowest BCUT2D eigenvalue weighted by Crippen LogP contribution is -2.31. The summed E-state index contributed by atoms with van der Waals surface area (Å²) in [6, 6.07) is 5.63. The second kappa shape index (κ2) is 7.22. The molecule has 0 saturated heterocycles. The highest BCUT2D eigenvalue weighted by atomic mass is 35.5. The van der Waals surface area contributed by atoms with Crippen molar-refractivity contribution in [2.45, 2.75) is 18.9 Å². The molecular formula is C15H17ClFN3O. The molecular weight excluding hydrogens is 293 g/mol. The Morgan fingerprint density at radius 3 is 2.71 bits per heavy atom. The third-order valence-corrected chi connectivity index (χ3v) is 3.43. The van der Waals surface area contributed by atoms with Crippen LogP contribution < -0.4 is 5.32 Å². The molecule has 1 atom stereocenters. The van der Waals surface area contributed by atoms with Crippen LogP contribution in [0.2, 0.25) is 0 Å². The quantitative estimate of drug-likeness (QED) is 0.834. The van der Waals surface area contributed by atoms with E-state index < -0.39 is 6.04 Å². The Labute approximate surface area is 127 Å². The number of imidazole rings is 1. The summed E-state index contributed by atoms with van der Waals surface area (Å²) in [5.41, 5.74) is 0.782. The number of carbonyl (C=O) groups is 1. The number of alkyl halides is 1. The lowest BCUT2D eigenvalue weighted by molar-refractivity contribution is -0.121. The van der Waals surface area contributed by atoms with E-state index in [0.29, 0.717) is 24.5 Å². The van der Waals surface area contributed by atoms with E-state index in [0.717, 1.165) is 5.56 Å². The number of benzene rings is 1. The van der Waals surface area contributed by atoms with Crippen LogP contribution in [-0.2, 0) is 11.8 Å². The van der Waals surface area contributed by atoms with Crippen molar-refractivity contribution >= 4 is 17.5 Å². The Bertz CT molecular complexity index is 597. The summed E-state index contributed by atoms with van der Waals surface area (Å²) in [6.45, 7) is 0. The van der Waals surface area contributed by atoms with Crippen molar-refractivity contribution in [2.24, 2.45) is 7.05 Å². The van der Waals surface area contributed by atoms with Crippen molar-refractivity contribution < 1.29 is 9.18 Å². The molecule has 6 heteroatoms. The summed E-state index contributed by atoms with van der Waals surface area (Å²) >= 11 is 5.60. The first-order valence-corrected chi connectivity index (χ1v) is 7.23. The van der Waals surface area contributed by atoms with Gasteiger partial charge in [0.1, 0.15) is 17.7 Å². The standard InChI is InChI=1S/C15H17ClFN3O/c1-20-10-9-18-15(20)14(19-13(21)3-2-8-16)11-4-6-12(17)7-5-11/h4-7,9-10,14H,2-3,8H2,1H3,(H,19,21). The number of nitrogens with zero attached hydrogens (tertiary/aromatic N) is 2. The number of halogens is 2. The maximum atomic E-state index is 13.1. The minimum absolute atomic E-state index is 0.104. The van der Waals surface area contributed by atoms with Crippen LogP contribution in [0.1, 0.15) is 30.3 Å². The van der Waals surface area contributed by atoms with Gasteiger partial charge in [0, 0.05) is 31.7 Å². The molecule has 4 nitrogen and oxygen atoms in total. The van der Waals surface area contributed by atoms with Gasteiger partial charge >= 0.3 is 0 Å². The average molecular weight is 310 g/mol. The molecule has 2 rings (SSSR count). The van der Waals surface area contributed by atoms with Crippen LogP contribution in [-0.4, -0.2) is 21.3 Å². The van der Waals surface area contributed by atoms with Crippen molar-refractivity contribution in [3.05, 3.63) is 53.9 Å². The van der Waals surface area contributed by atoms with E-state index in [4.69, 9.17) is 11.6 Å². The highest BCUT2D eigenvalue weighted by Gasteiger charge is 2.20. The monoisotopic (exact) mass is 309 g/mol. The number of hydrogen-bond donors (Lipinski definition) is 1. The Hall–Kier alpha value is -1.88. The molecule has 0 spiro atoms. The molecule has 0 aliphatic heterocycles. The predicted octanol–water partition coefficient (Wildman–Crippen LogP) is 2.78. The van der Waals surface area contributed by atoms with Crippen molar-refractivity contribution in [1.29, 1.82) is 0 Å². The van der Waals surface area contributed by atoms with Gasteiger partial charge in [0.05, 0.1) is 0 Å². The number of nitrogens with one attached hydrogen (secondary N) is 1. The smallest absolute Gasteiger partial charge is 0.220 e. The van der Waals surface area contributed by atoms with Gasteiger partial charge in [-0.1, -0.05) is 12.1 Å². The van der Waals surface area contributed by atoms with E-state index in [9.17, 15) is 9.18 Å². The van der Waals surface area contributed by atoms with E-state index >= 15 is 0 Å². The molecule has 0 bridgehead atoms. The molecule has 0 aliphatic carbocycles. The summed E-state index contributed by atoms with van der Waals surface area (Å²) in [6.07, 6.45) is 4.43. The van der Waals surface area contributed by atoms with Crippen LogP contribution >= 0.6 is 11.6 Å². The third-order valence-electron chi connectivity index (χ3n) is 3.16. The van der Waals surface area contributed by atoms with E-state index in [1.807, 2.05) is 11.6 Å². The van der Waals surface area contributed by atoms with Gasteiger partial charge in [-0.3, -0.25) is 4.79 Å². The van der Waals surface area contributed by atoms with Crippen molar-refractivity contribution in [3.63, 3.8) is 0 Å². The molecule has 21 heavy (non-hydrogen) atoms. The van der Waals surface area contributed by atoms with Gasteiger partial charge in [0.15, 0.2) is 0 Å². The summed E-state index contributed by atoms with van der Waals surface area (Å²) in [7, 11) is 1.85. The van der Waals surface area contributed by atoms with Crippen LogP contribution in [0.4, 0.5) is 4.39 Å². The first-order valence-electron chi connectivity index (χ1n) is 6.70. The maximum absolute atomic E-state index is 13.1. The molecule has 1 heterocycles. The molecule has 1 N–H and O–H groups in total. The van der Waals surface area contributed by atoms with Crippen LogP contribution in [0.5, 0.6) is 0 Å². The SMILES string of the molecule is Cn1ccnc1C(NC(=O)CCCCl)c1ccc(F)cc1.